The molecule has 180 valence electrons. The Labute approximate surface area is 205 Å². The molecule has 1 aromatic heterocycles. The number of rotatable bonds is 9. The molecule has 1 saturated heterocycles. The number of carbonyl (C=O) groups excluding carboxylic acids is 2. The molecular formula is C26H31ClN4O3. The second-order valence-corrected chi connectivity index (χ2v) is 9.17. The van der Waals surface area contributed by atoms with Crippen LogP contribution in [0.2, 0.25) is 5.02 Å². The second-order valence-electron chi connectivity index (χ2n) is 8.73. The molecule has 0 saturated carbocycles. The lowest BCUT2D eigenvalue weighted by atomic mass is 10.0. The minimum atomic E-state index is -0.183. The first-order valence-electron chi connectivity index (χ1n) is 11.9. The summed E-state index contributed by atoms with van der Waals surface area (Å²) in [4.78, 5) is 32.0. The fourth-order valence-electron chi connectivity index (χ4n) is 4.39. The van der Waals surface area contributed by atoms with Crippen molar-refractivity contribution < 1.29 is 14.3 Å². The van der Waals surface area contributed by atoms with Gasteiger partial charge in [0.1, 0.15) is 18.1 Å². The van der Waals surface area contributed by atoms with E-state index in [4.69, 9.17) is 21.3 Å². The summed E-state index contributed by atoms with van der Waals surface area (Å²) < 4.78 is 7.51. The van der Waals surface area contributed by atoms with E-state index in [1.807, 2.05) is 33.7 Å². The normalized spacial score (nSPS) is 15.9. The van der Waals surface area contributed by atoms with Gasteiger partial charge in [-0.1, -0.05) is 23.7 Å². The molecule has 1 fully saturated rings. The summed E-state index contributed by atoms with van der Waals surface area (Å²) >= 11 is 5.86. The van der Waals surface area contributed by atoms with Crippen LogP contribution in [0.5, 0.6) is 5.75 Å². The van der Waals surface area contributed by atoms with Crippen LogP contribution in [0.3, 0.4) is 0 Å². The maximum absolute atomic E-state index is 13.1. The van der Waals surface area contributed by atoms with Gasteiger partial charge >= 0.3 is 0 Å². The largest absolute Gasteiger partial charge is 0.484 e. The molecule has 2 heterocycles. The van der Waals surface area contributed by atoms with Gasteiger partial charge in [0, 0.05) is 30.6 Å². The van der Waals surface area contributed by atoms with Crippen molar-refractivity contribution in [3.05, 3.63) is 59.4 Å². The molecule has 4 rings (SSSR count). The van der Waals surface area contributed by atoms with Crippen LogP contribution in [0.1, 0.15) is 38.4 Å². The number of ether oxygens (including phenoxy) is 1. The van der Waals surface area contributed by atoms with Crippen LogP contribution >= 0.6 is 11.6 Å². The third-order valence-corrected chi connectivity index (χ3v) is 6.49. The zero-order valence-electron chi connectivity index (χ0n) is 19.5. The molecule has 2 aromatic carbocycles. The predicted molar refractivity (Wildman–Crippen MR) is 133 cm³/mol. The molecule has 1 aliphatic rings. The molecular weight excluding hydrogens is 452 g/mol. The second kappa shape index (κ2) is 11.4. The highest BCUT2D eigenvalue weighted by Crippen LogP contribution is 2.21. The molecule has 1 N–H and O–H groups in total. The zero-order valence-corrected chi connectivity index (χ0v) is 20.3. The van der Waals surface area contributed by atoms with Crippen LogP contribution in [0.25, 0.3) is 11.0 Å². The van der Waals surface area contributed by atoms with E-state index in [9.17, 15) is 9.59 Å². The Kier molecular flexibility index (Phi) is 8.06. The molecule has 1 aliphatic heterocycles. The number of benzene rings is 2. The Morgan fingerprint density at radius 1 is 1.15 bits per heavy atom. The number of nitrogens with one attached hydrogen (secondary N) is 1. The van der Waals surface area contributed by atoms with Gasteiger partial charge in [-0.25, -0.2) is 4.98 Å². The minimum absolute atomic E-state index is 0.0529. The zero-order chi connectivity index (χ0) is 23.9. The summed E-state index contributed by atoms with van der Waals surface area (Å²) in [7, 11) is 0. The van der Waals surface area contributed by atoms with Crippen molar-refractivity contribution in [2.75, 3.05) is 19.7 Å². The fraction of sp³-hybridized carbons (Fsp3) is 0.423. The average molecular weight is 483 g/mol. The van der Waals surface area contributed by atoms with Crippen LogP contribution in [0.15, 0.2) is 48.5 Å². The lowest BCUT2D eigenvalue weighted by Crippen LogP contribution is -2.43. The third-order valence-electron chi connectivity index (χ3n) is 6.23. The predicted octanol–water partition coefficient (Wildman–Crippen LogP) is 4.22. The molecule has 0 radical (unpaired) electrons. The van der Waals surface area contributed by atoms with E-state index in [2.05, 4.69) is 12.2 Å². The summed E-state index contributed by atoms with van der Waals surface area (Å²) in [5, 5.41) is 3.50. The molecule has 0 bridgehead atoms. The van der Waals surface area contributed by atoms with E-state index in [0.717, 1.165) is 36.2 Å². The van der Waals surface area contributed by atoms with E-state index in [1.54, 1.807) is 24.3 Å². The highest BCUT2D eigenvalue weighted by molar-refractivity contribution is 6.30. The highest BCUT2D eigenvalue weighted by atomic mass is 35.5. The van der Waals surface area contributed by atoms with E-state index in [-0.39, 0.29) is 24.5 Å². The van der Waals surface area contributed by atoms with Gasteiger partial charge in [-0.2, -0.15) is 0 Å². The highest BCUT2D eigenvalue weighted by Gasteiger charge is 2.24. The summed E-state index contributed by atoms with van der Waals surface area (Å²) in [5.74, 6) is 1.42. The van der Waals surface area contributed by atoms with Crippen molar-refractivity contribution in [1.29, 1.82) is 0 Å². The quantitative estimate of drug-likeness (QED) is 0.463. The number of fused-ring (bicyclic) bond motifs is 1. The van der Waals surface area contributed by atoms with E-state index >= 15 is 0 Å². The summed E-state index contributed by atoms with van der Waals surface area (Å²) in [5.41, 5.74) is 1.85. The van der Waals surface area contributed by atoms with Gasteiger partial charge in [-0.3, -0.25) is 9.59 Å². The maximum atomic E-state index is 13.1. The number of amides is 2. The monoisotopic (exact) mass is 482 g/mol. The number of hydrogen-bond acceptors (Lipinski definition) is 4. The Bertz CT molecular complexity index is 1130. The first-order valence-corrected chi connectivity index (χ1v) is 12.3. The standard InChI is InChI=1S/C26H31ClN4O3/c1-19-7-4-5-16-30(19)26(33)17-31-23-9-3-2-8-22(23)29-24(31)10-6-15-28-25(32)18-34-21-13-11-20(27)12-14-21/h2-3,8-9,11-14,19H,4-7,10,15-18H2,1H3,(H,28,32). The Morgan fingerprint density at radius 2 is 1.94 bits per heavy atom. The molecule has 7 nitrogen and oxygen atoms in total. The smallest absolute Gasteiger partial charge is 0.257 e. The van der Waals surface area contributed by atoms with Gasteiger partial charge in [0.2, 0.25) is 5.91 Å². The lowest BCUT2D eigenvalue weighted by molar-refractivity contribution is -0.135. The van der Waals surface area contributed by atoms with Crippen molar-refractivity contribution in [1.82, 2.24) is 19.8 Å². The number of likely N-dealkylation sites (tertiary alicyclic amines) is 1. The van der Waals surface area contributed by atoms with Crippen molar-refractivity contribution in [3.8, 4) is 5.75 Å². The van der Waals surface area contributed by atoms with Crippen LogP contribution in [-0.4, -0.2) is 52.0 Å². The van der Waals surface area contributed by atoms with Crippen molar-refractivity contribution in [2.45, 2.75) is 51.6 Å². The summed E-state index contributed by atoms with van der Waals surface area (Å²) in [6.45, 7) is 3.70. The molecule has 1 atom stereocenters. The number of aryl methyl sites for hydroxylation is 1. The number of carbonyl (C=O) groups is 2. The number of piperidine rings is 1. The van der Waals surface area contributed by atoms with Crippen molar-refractivity contribution in [2.24, 2.45) is 0 Å². The number of nitrogens with zero attached hydrogens (tertiary/aromatic N) is 3. The molecule has 8 heteroatoms. The molecule has 0 spiro atoms. The van der Waals surface area contributed by atoms with E-state index < -0.39 is 0 Å². The lowest BCUT2D eigenvalue weighted by Gasteiger charge is -2.33. The molecule has 2 amide bonds. The first-order chi connectivity index (χ1) is 16.5. The summed E-state index contributed by atoms with van der Waals surface area (Å²) in [6.07, 6.45) is 4.68. The maximum Gasteiger partial charge on any atom is 0.257 e. The van der Waals surface area contributed by atoms with Gasteiger partial charge in [0.05, 0.1) is 11.0 Å². The van der Waals surface area contributed by atoms with Crippen LogP contribution in [0.4, 0.5) is 0 Å². The number of imidazole rings is 1. The van der Waals surface area contributed by atoms with Gasteiger partial charge < -0.3 is 19.5 Å². The fourth-order valence-corrected chi connectivity index (χ4v) is 4.52. The molecule has 34 heavy (non-hydrogen) atoms. The molecule has 3 aromatic rings. The number of hydrogen-bond donors (Lipinski definition) is 1. The first kappa shape index (κ1) is 24.1. The van der Waals surface area contributed by atoms with Crippen LogP contribution in [-0.2, 0) is 22.6 Å². The molecule has 0 aliphatic carbocycles. The van der Waals surface area contributed by atoms with Gasteiger partial charge in [0.25, 0.3) is 5.91 Å². The van der Waals surface area contributed by atoms with Crippen LogP contribution in [0, 0.1) is 0 Å². The van der Waals surface area contributed by atoms with Crippen molar-refractivity contribution in [3.63, 3.8) is 0 Å². The Balaban J connectivity index is 1.32. The topological polar surface area (TPSA) is 76.5 Å². The average Bonchev–Trinajstić information content (AvgIpc) is 3.19. The van der Waals surface area contributed by atoms with Gasteiger partial charge in [-0.15, -0.1) is 0 Å². The summed E-state index contributed by atoms with van der Waals surface area (Å²) in [6, 6.07) is 15.1. The Morgan fingerprint density at radius 3 is 2.74 bits per heavy atom. The number of para-hydroxylation sites is 2. The van der Waals surface area contributed by atoms with E-state index in [1.165, 1.54) is 6.42 Å². The Hall–Kier alpha value is -3.06. The number of aromatic nitrogens is 2. The molecule has 1 unspecified atom stereocenters. The van der Waals surface area contributed by atoms with Gasteiger partial charge in [0.15, 0.2) is 6.61 Å². The SMILES string of the molecule is CC1CCCCN1C(=O)Cn1c(CCCNC(=O)COc2ccc(Cl)cc2)nc2ccccc21. The van der Waals surface area contributed by atoms with E-state index in [0.29, 0.717) is 36.7 Å². The minimum Gasteiger partial charge on any atom is -0.484 e. The van der Waals surface area contributed by atoms with Gasteiger partial charge in [-0.05, 0) is 69.0 Å². The van der Waals surface area contributed by atoms with Crippen molar-refractivity contribution >= 4 is 34.4 Å². The number of halogens is 1. The third kappa shape index (κ3) is 6.08. The van der Waals surface area contributed by atoms with Crippen LogP contribution < -0.4 is 10.1 Å².